The predicted molar refractivity (Wildman–Crippen MR) is 70.5 cm³/mol. The minimum atomic E-state index is 0.833. The lowest BCUT2D eigenvalue weighted by Crippen LogP contribution is -1.92. The monoisotopic (exact) mass is 211 g/mol. The van der Waals surface area contributed by atoms with E-state index in [2.05, 4.69) is 51.1 Å². The molecule has 0 aliphatic rings. The molecule has 2 N–H and O–H groups in total. The van der Waals surface area contributed by atoms with E-state index >= 15 is 0 Å². The first kappa shape index (κ1) is 10.7. The van der Waals surface area contributed by atoms with Gasteiger partial charge < -0.3 is 5.73 Å². The highest BCUT2D eigenvalue weighted by Gasteiger charge is 2.05. The van der Waals surface area contributed by atoms with Crippen LogP contribution in [0.3, 0.4) is 0 Å². The van der Waals surface area contributed by atoms with E-state index < -0.39 is 0 Å². The molecule has 0 unspecified atom stereocenters. The van der Waals surface area contributed by atoms with Gasteiger partial charge >= 0.3 is 0 Å². The Labute approximate surface area is 96.9 Å². The third-order valence-electron chi connectivity index (χ3n) is 3.02. The van der Waals surface area contributed by atoms with Crippen LogP contribution >= 0.6 is 0 Å². The highest BCUT2D eigenvalue weighted by atomic mass is 14.5. The maximum Gasteiger partial charge on any atom is 0.0323 e. The van der Waals surface area contributed by atoms with Crippen LogP contribution < -0.4 is 5.73 Å². The van der Waals surface area contributed by atoms with Crippen LogP contribution in [0.15, 0.2) is 36.4 Å². The first-order chi connectivity index (χ1) is 7.58. The van der Waals surface area contributed by atoms with Gasteiger partial charge in [-0.25, -0.2) is 0 Å². The Kier molecular flexibility index (Phi) is 2.69. The first-order valence-corrected chi connectivity index (χ1v) is 5.51. The number of nitrogens with two attached hydrogens (primary N) is 1. The zero-order valence-electron chi connectivity index (χ0n) is 10.0. The summed E-state index contributed by atoms with van der Waals surface area (Å²) in [5, 5.41) is 0. The maximum absolute atomic E-state index is 5.90. The lowest BCUT2D eigenvalue weighted by atomic mass is 9.95. The van der Waals surface area contributed by atoms with Crippen molar-refractivity contribution in [1.29, 1.82) is 0 Å². The molecule has 0 saturated carbocycles. The molecule has 0 aromatic heterocycles. The quantitative estimate of drug-likeness (QED) is 0.712. The summed E-state index contributed by atoms with van der Waals surface area (Å²) in [6.07, 6.45) is 0. The third kappa shape index (κ3) is 1.94. The summed E-state index contributed by atoms with van der Waals surface area (Å²) in [5.74, 6) is 0. The fourth-order valence-corrected chi connectivity index (χ4v) is 2.00. The van der Waals surface area contributed by atoms with Gasteiger partial charge in [-0.1, -0.05) is 29.8 Å². The molecule has 82 valence electrons. The lowest BCUT2D eigenvalue weighted by molar-refractivity contribution is 1.34. The van der Waals surface area contributed by atoms with Crippen LogP contribution in [0.2, 0.25) is 0 Å². The van der Waals surface area contributed by atoms with Crippen molar-refractivity contribution < 1.29 is 0 Å². The van der Waals surface area contributed by atoms with Crippen LogP contribution in [0.1, 0.15) is 16.7 Å². The Balaban J connectivity index is 2.64. The number of anilines is 1. The van der Waals surface area contributed by atoms with Gasteiger partial charge in [0.2, 0.25) is 0 Å². The van der Waals surface area contributed by atoms with E-state index in [0.717, 1.165) is 5.69 Å². The van der Waals surface area contributed by atoms with Crippen LogP contribution in [0.4, 0.5) is 5.69 Å². The van der Waals surface area contributed by atoms with Crippen molar-refractivity contribution in [2.24, 2.45) is 0 Å². The molecule has 0 radical (unpaired) electrons. The molecule has 0 saturated heterocycles. The standard InChI is InChI=1S/C15H17N/c1-10-5-4-6-13(7-10)15-9-14(16)8-11(2)12(15)3/h4-9H,16H2,1-3H3. The van der Waals surface area contributed by atoms with Crippen molar-refractivity contribution in [3.63, 3.8) is 0 Å². The van der Waals surface area contributed by atoms with Crippen LogP contribution in [-0.2, 0) is 0 Å². The minimum absolute atomic E-state index is 0.833. The molecule has 2 rings (SSSR count). The number of aryl methyl sites for hydroxylation is 2. The van der Waals surface area contributed by atoms with E-state index in [0.29, 0.717) is 0 Å². The van der Waals surface area contributed by atoms with Crippen molar-refractivity contribution in [2.45, 2.75) is 20.8 Å². The molecular formula is C15H17N. The summed E-state index contributed by atoms with van der Waals surface area (Å²) in [7, 11) is 0. The van der Waals surface area contributed by atoms with Crippen molar-refractivity contribution in [3.05, 3.63) is 53.1 Å². The van der Waals surface area contributed by atoms with E-state index in [1.807, 2.05) is 6.07 Å². The maximum atomic E-state index is 5.90. The normalized spacial score (nSPS) is 10.4. The van der Waals surface area contributed by atoms with Crippen molar-refractivity contribution >= 4 is 5.69 Å². The molecule has 0 aliphatic heterocycles. The Morgan fingerprint density at radius 2 is 1.69 bits per heavy atom. The van der Waals surface area contributed by atoms with Crippen molar-refractivity contribution in [2.75, 3.05) is 5.73 Å². The first-order valence-electron chi connectivity index (χ1n) is 5.51. The van der Waals surface area contributed by atoms with Gasteiger partial charge in [0.15, 0.2) is 0 Å². The number of hydrogen-bond acceptors (Lipinski definition) is 1. The SMILES string of the molecule is Cc1cccc(-c2cc(N)cc(C)c2C)c1. The molecule has 2 aromatic carbocycles. The Morgan fingerprint density at radius 1 is 0.938 bits per heavy atom. The smallest absolute Gasteiger partial charge is 0.0323 e. The van der Waals surface area contributed by atoms with E-state index in [1.54, 1.807) is 0 Å². The Bertz CT molecular complexity index is 527. The largest absolute Gasteiger partial charge is 0.399 e. The number of hydrogen-bond donors (Lipinski definition) is 1. The van der Waals surface area contributed by atoms with Crippen LogP contribution in [-0.4, -0.2) is 0 Å². The van der Waals surface area contributed by atoms with E-state index in [9.17, 15) is 0 Å². The van der Waals surface area contributed by atoms with Crippen LogP contribution in [0, 0.1) is 20.8 Å². The zero-order valence-corrected chi connectivity index (χ0v) is 10.0. The van der Waals surface area contributed by atoms with Crippen LogP contribution in [0.25, 0.3) is 11.1 Å². The summed E-state index contributed by atoms with van der Waals surface area (Å²) < 4.78 is 0. The number of benzene rings is 2. The summed E-state index contributed by atoms with van der Waals surface area (Å²) in [4.78, 5) is 0. The van der Waals surface area contributed by atoms with Gasteiger partial charge in [0.25, 0.3) is 0 Å². The second kappa shape index (κ2) is 4.01. The summed E-state index contributed by atoms with van der Waals surface area (Å²) >= 11 is 0. The van der Waals surface area contributed by atoms with Gasteiger partial charge in [-0.05, 0) is 55.2 Å². The predicted octanol–water partition coefficient (Wildman–Crippen LogP) is 3.86. The lowest BCUT2D eigenvalue weighted by Gasteiger charge is -2.11. The fourth-order valence-electron chi connectivity index (χ4n) is 2.00. The fraction of sp³-hybridized carbons (Fsp3) is 0.200. The summed E-state index contributed by atoms with van der Waals surface area (Å²) in [6.45, 7) is 6.36. The number of rotatable bonds is 1. The molecule has 0 heterocycles. The van der Waals surface area contributed by atoms with Crippen molar-refractivity contribution in [3.8, 4) is 11.1 Å². The molecule has 1 nitrogen and oxygen atoms in total. The second-order valence-electron chi connectivity index (χ2n) is 4.38. The molecule has 0 spiro atoms. The molecular weight excluding hydrogens is 194 g/mol. The van der Waals surface area contributed by atoms with Gasteiger partial charge in [0, 0.05) is 5.69 Å². The van der Waals surface area contributed by atoms with Gasteiger partial charge in [-0.2, -0.15) is 0 Å². The molecule has 1 heteroatoms. The van der Waals surface area contributed by atoms with E-state index in [1.165, 1.54) is 27.8 Å². The van der Waals surface area contributed by atoms with Gasteiger partial charge in [-0.3, -0.25) is 0 Å². The summed E-state index contributed by atoms with van der Waals surface area (Å²) in [5.41, 5.74) is 13.0. The molecule has 0 amide bonds. The minimum Gasteiger partial charge on any atom is -0.399 e. The van der Waals surface area contributed by atoms with E-state index in [4.69, 9.17) is 5.73 Å². The average Bonchev–Trinajstić information content (AvgIpc) is 2.23. The molecule has 0 atom stereocenters. The topological polar surface area (TPSA) is 26.0 Å². The Hall–Kier alpha value is -1.76. The number of nitrogen functional groups attached to an aromatic ring is 1. The van der Waals surface area contributed by atoms with Crippen molar-refractivity contribution in [1.82, 2.24) is 0 Å². The summed E-state index contributed by atoms with van der Waals surface area (Å²) in [6, 6.07) is 12.6. The molecule has 0 fully saturated rings. The molecule has 16 heavy (non-hydrogen) atoms. The van der Waals surface area contributed by atoms with Gasteiger partial charge in [0.05, 0.1) is 0 Å². The molecule has 2 aromatic rings. The second-order valence-corrected chi connectivity index (χ2v) is 4.38. The van der Waals surface area contributed by atoms with Gasteiger partial charge in [-0.15, -0.1) is 0 Å². The molecule has 0 aliphatic carbocycles. The average molecular weight is 211 g/mol. The van der Waals surface area contributed by atoms with Gasteiger partial charge in [0.1, 0.15) is 0 Å². The zero-order chi connectivity index (χ0) is 11.7. The van der Waals surface area contributed by atoms with E-state index in [-0.39, 0.29) is 0 Å². The Morgan fingerprint density at radius 3 is 2.38 bits per heavy atom. The third-order valence-corrected chi connectivity index (χ3v) is 3.02. The highest BCUT2D eigenvalue weighted by Crippen LogP contribution is 2.28. The highest BCUT2D eigenvalue weighted by molar-refractivity contribution is 5.72. The molecule has 0 bridgehead atoms. The van der Waals surface area contributed by atoms with Crippen LogP contribution in [0.5, 0.6) is 0 Å².